The fourth-order valence-electron chi connectivity index (χ4n) is 2.37. The number of anilines is 1. The second-order valence-corrected chi connectivity index (χ2v) is 4.79. The van der Waals surface area contributed by atoms with E-state index >= 15 is 0 Å². The molecule has 0 bridgehead atoms. The first-order valence-electron chi connectivity index (χ1n) is 6.29. The molecule has 3 nitrogen and oxygen atoms in total. The molecule has 3 aromatic rings. The van der Waals surface area contributed by atoms with Crippen LogP contribution in [0.15, 0.2) is 42.5 Å². The number of para-hydroxylation sites is 1. The van der Waals surface area contributed by atoms with Gasteiger partial charge in [-0.3, -0.25) is 4.57 Å². The molecule has 2 N–H and O–H groups in total. The van der Waals surface area contributed by atoms with Gasteiger partial charge in [0.25, 0.3) is 0 Å². The summed E-state index contributed by atoms with van der Waals surface area (Å²) in [4.78, 5) is 4.24. The van der Waals surface area contributed by atoms with Gasteiger partial charge >= 0.3 is 6.18 Å². The molecule has 6 heteroatoms. The van der Waals surface area contributed by atoms with Crippen molar-refractivity contribution in [2.24, 2.45) is 0 Å². The lowest BCUT2D eigenvalue weighted by molar-refractivity contribution is -0.137. The fraction of sp³-hybridized carbons (Fsp3) is 0.133. The van der Waals surface area contributed by atoms with Crippen molar-refractivity contribution in [3.05, 3.63) is 53.6 Å². The van der Waals surface area contributed by atoms with E-state index in [1.807, 2.05) is 25.1 Å². The summed E-state index contributed by atoms with van der Waals surface area (Å²) < 4.78 is 39.5. The van der Waals surface area contributed by atoms with Crippen LogP contribution in [-0.2, 0) is 6.18 Å². The van der Waals surface area contributed by atoms with Gasteiger partial charge in [0.2, 0.25) is 5.95 Å². The highest BCUT2D eigenvalue weighted by atomic mass is 19.4. The lowest BCUT2D eigenvalue weighted by atomic mass is 10.1. The van der Waals surface area contributed by atoms with Crippen LogP contribution in [0.2, 0.25) is 0 Å². The average molecular weight is 291 g/mol. The number of aryl methyl sites for hydroxylation is 1. The van der Waals surface area contributed by atoms with Crippen molar-refractivity contribution in [1.82, 2.24) is 9.55 Å². The molecule has 0 fully saturated rings. The van der Waals surface area contributed by atoms with Crippen molar-refractivity contribution in [3.63, 3.8) is 0 Å². The Morgan fingerprint density at radius 1 is 1.05 bits per heavy atom. The first-order valence-corrected chi connectivity index (χ1v) is 6.29. The van der Waals surface area contributed by atoms with Crippen LogP contribution in [0.3, 0.4) is 0 Å². The number of hydrogen-bond acceptors (Lipinski definition) is 2. The molecule has 3 rings (SSSR count). The lowest BCUT2D eigenvalue weighted by Crippen LogP contribution is -2.06. The summed E-state index contributed by atoms with van der Waals surface area (Å²) in [7, 11) is 0. The zero-order valence-electron chi connectivity index (χ0n) is 11.1. The zero-order valence-corrected chi connectivity index (χ0v) is 11.1. The lowest BCUT2D eigenvalue weighted by Gasteiger charge is -2.10. The van der Waals surface area contributed by atoms with Gasteiger partial charge in [0.15, 0.2) is 0 Å². The van der Waals surface area contributed by atoms with Crippen LogP contribution in [0.25, 0.3) is 16.7 Å². The molecule has 0 aliphatic rings. The number of halogens is 3. The van der Waals surface area contributed by atoms with E-state index in [4.69, 9.17) is 5.73 Å². The molecule has 108 valence electrons. The number of alkyl halides is 3. The summed E-state index contributed by atoms with van der Waals surface area (Å²) in [5, 5.41) is 0. The van der Waals surface area contributed by atoms with Crippen molar-refractivity contribution in [2.45, 2.75) is 13.1 Å². The van der Waals surface area contributed by atoms with Gasteiger partial charge in [-0.05, 0) is 42.8 Å². The van der Waals surface area contributed by atoms with E-state index in [-0.39, 0.29) is 5.95 Å². The van der Waals surface area contributed by atoms with E-state index in [9.17, 15) is 13.2 Å². The third kappa shape index (κ3) is 2.22. The van der Waals surface area contributed by atoms with Crippen molar-refractivity contribution in [3.8, 4) is 5.69 Å². The first kappa shape index (κ1) is 13.5. The van der Waals surface area contributed by atoms with Gasteiger partial charge in [-0.1, -0.05) is 12.1 Å². The number of nitrogen functional groups attached to an aromatic ring is 1. The minimum Gasteiger partial charge on any atom is -0.369 e. The molecule has 0 saturated heterocycles. The number of nitrogens with zero attached hydrogens (tertiary/aromatic N) is 2. The number of fused-ring (bicyclic) bond motifs is 1. The van der Waals surface area contributed by atoms with Crippen molar-refractivity contribution >= 4 is 17.0 Å². The molecule has 0 radical (unpaired) electrons. The SMILES string of the molecule is Cc1cccc2nc(N)n(-c3ccc(C(F)(F)F)cc3)c12. The van der Waals surface area contributed by atoms with Crippen molar-refractivity contribution in [1.29, 1.82) is 0 Å². The van der Waals surface area contributed by atoms with Crippen molar-refractivity contribution in [2.75, 3.05) is 5.73 Å². The van der Waals surface area contributed by atoms with E-state index in [1.54, 1.807) is 4.57 Å². The second-order valence-electron chi connectivity index (χ2n) is 4.79. The van der Waals surface area contributed by atoms with Gasteiger partial charge in [-0.2, -0.15) is 13.2 Å². The summed E-state index contributed by atoms with van der Waals surface area (Å²) in [6.07, 6.45) is -4.35. The summed E-state index contributed by atoms with van der Waals surface area (Å²) >= 11 is 0. The Hall–Kier alpha value is -2.50. The smallest absolute Gasteiger partial charge is 0.369 e. The zero-order chi connectivity index (χ0) is 15.2. The van der Waals surface area contributed by atoms with Crippen LogP contribution in [0.5, 0.6) is 0 Å². The van der Waals surface area contributed by atoms with Gasteiger partial charge in [0, 0.05) is 5.69 Å². The predicted molar refractivity (Wildman–Crippen MR) is 75.2 cm³/mol. The first-order chi connectivity index (χ1) is 9.88. The summed E-state index contributed by atoms with van der Waals surface area (Å²) in [6.45, 7) is 1.91. The fourth-order valence-corrected chi connectivity index (χ4v) is 2.37. The largest absolute Gasteiger partial charge is 0.416 e. The standard InChI is InChI=1S/C15H12F3N3/c1-9-3-2-4-12-13(9)21(14(19)20-12)11-7-5-10(6-8-11)15(16,17)18/h2-8H,1H3,(H2,19,20). The number of aromatic nitrogens is 2. The second kappa shape index (κ2) is 4.51. The number of benzene rings is 2. The van der Waals surface area contributed by atoms with Gasteiger partial charge in [0.1, 0.15) is 0 Å². The third-order valence-corrected chi connectivity index (χ3v) is 3.36. The Bertz CT molecular complexity index is 801. The average Bonchev–Trinajstić information content (AvgIpc) is 2.75. The summed E-state index contributed by atoms with van der Waals surface area (Å²) in [6, 6.07) is 10.5. The van der Waals surface area contributed by atoms with E-state index in [0.29, 0.717) is 11.2 Å². The quantitative estimate of drug-likeness (QED) is 0.738. The molecular weight excluding hydrogens is 279 g/mol. The minimum atomic E-state index is -4.35. The topological polar surface area (TPSA) is 43.8 Å². The Labute approximate surface area is 118 Å². The molecule has 0 amide bonds. The number of imidazole rings is 1. The highest BCUT2D eigenvalue weighted by Crippen LogP contribution is 2.31. The minimum absolute atomic E-state index is 0.249. The predicted octanol–water partition coefficient (Wildman–Crippen LogP) is 3.93. The summed E-state index contributed by atoms with van der Waals surface area (Å²) in [5.74, 6) is 0.249. The van der Waals surface area contributed by atoms with Crippen molar-refractivity contribution < 1.29 is 13.2 Å². The van der Waals surface area contributed by atoms with Gasteiger partial charge in [0.05, 0.1) is 16.6 Å². The van der Waals surface area contributed by atoms with E-state index in [0.717, 1.165) is 23.2 Å². The maximum Gasteiger partial charge on any atom is 0.416 e. The Morgan fingerprint density at radius 2 is 1.71 bits per heavy atom. The van der Waals surface area contributed by atoms with E-state index in [1.165, 1.54) is 12.1 Å². The Kier molecular flexibility index (Phi) is 2.90. The maximum absolute atomic E-state index is 12.6. The summed E-state index contributed by atoms with van der Waals surface area (Å²) in [5.41, 5.74) is 8.24. The molecule has 1 heterocycles. The molecule has 1 aromatic heterocycles. The molecule has 21 heavy (non-hydrogen) atoms. The highest BCUT2D eigenvalue weighted by Gasteiger charge is 2.30. The third-order valence-electron chi connectivity index (χ3n) is 3.36. The monoisotopic (exact) mass is 291 g/mol. The molecule has 0 spiro atoms. The van der Waals surface area contributed by atoms with Gasteiger partial charge < -0.3 is 5.73 Å². The molecule has 0 saturated carbocycles. The van der Waals surface area contributed by atoms with Crippen LogP contribution >= 0.6 is 0 Å². The van der Waals surface area contributed by atoms with Gasteiger partial charge in [-0.25, -0.2) is 4.98 Å². The molecule has 2 aromatic carbocycles. The highest BCUT2D eigenvalue weighted by molar-refractivity contribution is 5.83. The van der Waals surface area contributed by atoms with Crippen LogP contribution in [0.1, 0.15) is 11.1 Å². The molecule has 0 unspecified atom stereocenters. The molecule has 0 aliphatic heterocycles. The number of nitrogens with two attached hydrogens (primary N) is 1. The number of hydrogen-bond donors (Lipinski definition) is 1. The van der Waals surface area contributed by atoms with Crippen LogP contribution in [-0.4, -0.2) is 9.55 Å². The van der Waals surface area contributed by atoms with Crippen LogP contribution in [0.4, 0.5) is 19.1 Å². The molecular formula is C15H12F3N3. The normalized spacial score (nSPS) is 12.0. The van der Waals surface area contributed by atoms with Gasteiger partial charge in [-0.15, -0.1) is 0 Å². The Morgan fingerprint density at radius 3 is 2.33 bits per heavy atom. The molecule has 0 atom stereocenters. The number of rotatable bonds is 1. The maximum atomic E-state index is 12.6. The van der Waals surface area contributed by atoms with E-state index < -0.39 is 11.7 Å². The molecule has 0 aliphatic carbocycles. The van der Waals surface area contributed by atoms with E-state index in [2.05, 4.69) is 4.98 Å². The Balaban J connectivity index is 2.19. The van der Waals surface area contributed by atoms with Crippen LogP contribution in [0, 0.1) is 6.92 Å². The van der Waals surface area contributed by atoms with Crippen LogP contribution < -0.4 is 5.73 Å².